The number of rotatable bonds is 3. The molecule has 1 unspecified atom stereocenters. The lowest BCUT2D eigenvalue weighted by atomic mass is 10.0. The number of carbonyl (C=O) groups excluding carboxylic acids is 1. The molecular weight excluding hydrogens is 300 g/mol. The molecule has 0 radical (unpaired) electrons. The number of anilines is 1. The van der Waals surface area contributed by atoms with Gasteiger partial charge in [-0.15, -0.1) is 0 Å². The van der Waals surface area contributed by atoms with Gasteiger partial charge in [-0.3, -0.25) is 9.78 Å². The van der Waals surface area contributed by atoms with Crippen molar-refractivity contribution >= 4 is 21.4 Å². The van der Waals surface area contributed by atoms with Crippen LogP contribution in [0.25, 0.3) is 0 Å². The Hall–Kier alpha value is -2.21. The molecule has 0 spiro atoms. The fourth-order valence-corrected chi connectivity index (χ4v) is 3.65. The van der Waals surface area contributed by atoms with Gasteiger partial charge in [0.15, 0.2) is 9.84 Å². The maximum Gasteiger partial charge on any atom is 0.236 e. The van der Waals surface area contributed by atoms with Crippen LogP contribution in [0.4, 0.5) is 5.69 Å². The Morgan fingerprint density at radius 3 is 2.55 bits per heavy atom. The van der Waals surface area contributed by atoms with Gasteiger partial charge < -0.3 is 4.90 Å². The van der Waals surface area contributed by atoms with E-state index in [2.05, 4.69) is 4.98 Å². The van der Waals surface area contributed by atoms with Crippen LogP contribution in [0.2, 0.25) is 0 Å². The summed E-state index contributed by atoms with van der Waals surface area (Å²) in [7, 11) is -3.39. The van der Waals surface area contributed by atoms with Gasteiger partial charge in [0.25, 0.3) is 0 Å². The third-order valence-corrected chi connectivity index (χ3v) is 4.95. The van der Waals surface area contributed by atoms with Crippen molar-refractivity contribution in [3.05, 3.63) is 54.4 Å². The number of amides is 1. The number of carbonyl (C=O) groups is 1. The molecule has 0 bridgehead atoms. The average Bonchev–Trinajstić information content (AvgIpc) is 2.89. The number of hydrogen-bond donors (Lipinski definition) is 0. The summed E-state index contributed by atoms with van der Waals surface area (Å²) in [6.07, 6.45) is 3.45. The summed E-state index contributed by atoms with van der Waals surface area (Å²) in [4.78, 5) is 18.7. The molecule has 1 aliphatic heterocycles. The second-order valence-electron chi connectivity index (χ2n) is 5.33. The molecule has 1 fully saturated rings. The van der Waals surface area contributed by atoms with Crippen molar-refractivity contribution in [1.29, 1.82) is 0 Å². The van der Waals surface area contributed by atoms with E-state index in [1.165, 1.54) is 6.07 Å². The molecule has 5 nitrogen and oxygen atoms in total. The van der Waals surface area contributed by atoms with Gasteiger partial charge >= 0.3 is 0 Å². The summed E-state index contributed by atoms with van der Waals surface area (Å²) < 4.78 is 23.8. The summed E-state index contributed by atoms with van der Waals surface area (Å²) in [6, 6.07) is 12.1. The number of pyridine rings is 1. The largest absolute Gasteiger partial charge is 0.310 e. The van der Waals surface area contributed by atoms with Crippen molar-refractivity contribution in [2.75, 3.05) is 17.7 Å². The zero-order chi connectivity index (χ0) is 15.7. The third kappa shape index (κ3) is 2.62. The lowest BCUT2D eigenvalue weighted by Gasteiger charge is -2.19. The third-order valence-electron chi connectivity index (χ3n) is 3.81. The predicted molar refractivity (Wildman–Crippen MR) is 83.5 cm³/mol. The lowest BCUT2D eigenvalue weighted by Crippen LogP contribution is -2.28. The van der Waals surface area contributed by atoms with Crippen molar-refractivity contribution in [2.45, 2.75) is 17.2 Å². The normalized spacial score (nSPS) is 18.7. The van der Waals surface area contributed by atoms with E-state index in [9.17, 15) is 13.2 Å². The fourth-order valence-electron chi connectivity index (χ4n) is 2.77. The molecule has 1 amide bonds. The van der Waals surface area contributed by atoms with Gasteiger partial charge in [0.05, 0.1) is 22.2 Å². The summed E-state index contributed by atoms with van der Waals surface area (Å²) in [5, 5.41) is 0. The van der Waals surface area contributed by atoms with E-state index in [0.717, 1.165) is 11.9 Å². The van der Waals surface area contributed by atoms with Crippen LogP contribution in [0, 0.1) is 0 Å². The SMILES string of the molecule is CS(=O)(=O)c1ccccc1N1CCC(c2ccccn2)C1=O. The molecule has 0 saturated carbocycles. The summed E-state index contributed by atoms with van der Waals surface area (Å²) in [6.45, 7) is 0.493. The van der Waals surface area contributed by atoms with Crippen LogP contribution >= 0.6 is 0 Å². The molecule has 114 valence electrons. The van der Waals surface area contributed by atoms with Gasteiger partial charge in [-0.25, -0.2) is 8.42 Å². The van der Waals surface area contributed by atoms with Crippen molar-refractivity contribution in [3.63, 3.8) is 0 Å². The van der Waals surface area contributed by atoms with Gasteiger partial charge in [-0.1, -0.05) is 18.2 Å². The van der Waals surface area contributed by atoms with Gasteiger partial charge in [0.2, 0.25) is 5.91 Å². The Kier molecular flexibility index (Phi) is 3.70. The van der Waals surface area contributed by atoms with Gasteiger partial charge in [-0.2, -0.15) is 0 Å². The first-order chi connectivity index (χ1) is 10.5. The van der Waals surface area contributed by atoms with Gasteiger partial charge in [0.1, 0.15) is 0 Å². The Bertz CT molecular complexity index is 803. The lowest BCUT2D eigenvalue weighted by molar-refractivity contribution is -0.118. The van der Waals surface area contributed by atoms with Crippen LogP contribution in [-0.4, -0.2) is 32.1 Å². The zero-order valence-electron chi connectivity index (χ0n) is 12.1. The molecule has 0 N–H and O–H groups in total. The van der Waals surface area contributed by atoms with Crippen LogP contribution in [0.15, 0.2) is 53.6 Å². The minimum absolute atomic E-state index is 0.102. The maximum atomic E-state index is 12.7. The second-order valence-corrected chi connectivity index (χ2v) is 7.31. The molecule has 22 heavy (non-hydrogen) atoms. The first kappa shape index (κ1) is 14.7. The molecule has 3 rings (SSSR count). The topological polar surface area (TPSA) is 67.3 Å². The summed E-state index contributed by atoms with van der Waals surface area (Å²) >= 11 is 0. The molecule has 2 heterocycles. The van der Waals surface area contributed by atoms with Crippen LogP contribution in [0.5, 0.6) is 0 Å². The van der Waals surface area contributed by atoms with Crippen molar-refractivity contribution in [1.82, 2.24) is 4.98 Å². The van der Waals surface area contributed by atoms with Crippen molar-refractivity contribution in [3.8, 4) is 0 Å². The number of benzene rings is 1. The summed E-state index contributed by atoms with van der Waals surface area (Å²) in [5.74, 6) is -0.413. The van der Waals surface area contributed by atoms with Crippen LogP contribution in [-0.2, 0) is 14.6 Å². The average molecular weight is 316 g/mol. The van der Waals surface area contributed by atoms with E-state index in [-0.39, 0.29) is 16.7 Å². The molecular formula is C16H16N2O3S. The Balaban J connectivity index is 1.98. The number of nitrogens with zero attached hydrogens (tertiary/aromatic N) is 2. The standard InChI is InChI=1S/C16H16N2O3S/c1-22(20,21)15-8-3-2-7-14(15)18-11-9-12(16(18)19)13-6-4-5-10-17-13/h2-8,10,12H,9,11H2,1H3. The molecule has 1 saturated heterocycles. The van der Waals surface area contributed by atoms with E-state index in [1.807, 2.05) is 12.1 Å². The second kappa shape index (κ2) is 5.53. The monoisotopic (exact) mass is 316 g/mol. The highest BCUT2D eigenvalue weighted by atomic mass is 32.2. The first-order valence-electron chi connectivity index (χ1n) is 7.00. The Morgan fingerprint density at radius 2 is 1.86 bits per heavy atom. The molecule has 1 aromatic heterocycles. The first-order valence-corrected chi connectivity index (χ1v) is 8.89. The molecule has 1 aromatic carbocycles. The van der Waals surface area contributed by atoms with Crippen LogP contribution in [0.1, 0.15) is 18.0 Å². The van der Waals surface area contributed by atoms with E-state index >= 15 is 0 Å². The smallest absolute Gasteiger partial charge is 0.236 e. The maximum absolute atomic E-state index is 12.7. The number of aromatic nitrogens is 1. The molecule has 0 aliphatic carbocycles. The molecule has 6 heteroatoms. The van der Waals surface area contributed by atoms with E-state index in [1.54, 1.807) is 35.4 Å². The predicted octanol–water partition coefficient (Wildman–Crippen LogP) is 2.01. The Labute approximate surface area is 129 Å². The Morgan fingerprint density at radius 1 is 1.14 bits per heavy atom. The number of para-hydroxylation sites is 1. The zero-order valence-corrected chi connectivity index (χ0v) is 13.0. The minimum Gasteiger partial charge on any atom is -0.310 e. The van der Waals surface area contributed by atoms with Gasteiger partial charge in [-0.05, 0) is 30.7 Å². The molecule has 1 aliphatic rings. The van der Waals surface area contributed by atoms with Crippen molar-refractivity contribution < 1.29 is 13.2 Å². The van der Waals surface area contributed by atoms with Crippen LogP contribution < -0.4 is 4.90 Å². The van der Waals surface area contributed by atoms with E-state index in [4.69, 9.17) is 0 Å². The van der Waals surface area contributed by atoms with Crippen molar-refractivity contribution in [2.24, 2.45) is 0 Å². The fraction of sp³-hybridized carbons (Fsp3) is 0.250. The van der Waals surface area contributed by atoms with Crippen LogP contribution in [0.3, 0.4) is 0 Å². The van der Waals surface area contributed by atoms with E-state index < -0.39 is 9.84 Å². The van der Waals surface area contributed by atoms with Gasteiger partial charge in [0, 0.05) is 19.0 Å². The van der Waals surface area contributed by atoms with E-state index in [0.29, 0.717) is 18.7 Å². The quantitative estimate of drug-likeness (QED) is 0.868. The number of sulfone groups is 1. The number of hydrogen-bond acceptors (Lipinski definition) is 4. The minimum atomic E-state index is -3.39. The molecule has 1 atom stereocenters. The molecule has 2 aromatic rings. The highest BCUT2D eigenvalue weighted by Crippen LogP contribution is 2.34. The highest BCUT2D eigenvalue weighted by Gasteiger charge is 2.36. The summed E-state index contributed by atoms with van der Waals surface area (Å²) in [5.41, 5.74) is 1.18. The highest BCUT2D eigenvalue weighted by molar-refractivity contribution is 7.90.